The highest BCUT2D eigenvalue weighted by Crippen LogP contribution is 2.68. The maximum absolute atomic E-state index is 2.70. The van der Waals surface area contributed by atoms with E-state index in [0.29, 0.717) is 16.2 Å². The number of rotatable bonds is 5. The summed E-state index contributed by atoms with van der Waals surface area (Å²) in [7, 11) is 0. The maximum Gasteiger partial charge on any atom is 0.00987 e. The van der Waals surface area contributed by atoms with E-state index in [1.165, 1.54) is 76.2 Å². The molecule has 31 heavy (non-hydrogen) atoms. The zero-order chi connectivity index (χ0) is 21.7. The minimum atomic E-state index is 0. The summed E-state index contributed by atoms with van der Waals surface area (Å²) in [5, 5.41) is 0.850. The number of fused-ring (bicyclic) bond motifs is 4. The van der Waals surface area contributed by atoms with Gasteiger partial charge in [0.2, 0.25) is 0 Å². The zero-order valence-electron chi connectivity index (χ0n) is 21.1. The van der Waals surface area contributed by atoms with Gasteiger partial charge in [-0.3, -0.25) is 0 Å². The highest BCUT2D eigenvalue weighted by molar-refractivity contribution is 7.99. The molecule has 0 aromatic rings. The summed E-state index contributed by atoms with van der Waals surface area (Å²) in [6.45, 7) is 15.1. The standard InChI is InChI=1S/C29H48S.CH4/c1-20(2)10-8-9-11-21-12-14-23-22-13-15-25-27(3,4)26(30-7)17-19-29(25,6)24(22)16-18-28(21,23)5;/h10,21,23,25-26H,8-9,11-19H2,1-7H3;1H4. The summed E-state index contributed by atoms with van der Waals surface area (Å²) in [5.41, 5.74) is 7.01. The van der Waals surface area contributed by atoms with Crippen LogP contribution < -0.4 is 0 Å². The molecule has 0 heterocycles. The third-order valence-corrected chi connectivity index (χ3v) is 12.1. The molecular formula is C30H52S. The van der Waals surface area contributed by atoms with Crippen LogP contribution in [0.25, 0.3) is 0 Å². The average Bonchev–Trinajstić information content (AvgIpc) is 3.01. The number of allylic oxidation sites excluding steroid dienone is 4. The zero-order valence-corrected chi connectivity index (χ0v) is 21.9. The van der Waals surface area contributed by atoms with Crippen LogP contribution in [0.15, 0.2) is 22.8 Å². The molecular weight excluding hydrogens is 392 g/mol. The first-order chi connectivity index (χ1) is 14.1. The van der Waals surface area contributed by atoms with Crippen LogP contribution in [0.5, 0.6) is 0 Å². The Balaban J connectivity index is 0.00000272. The summed E-state index contributed by atoms with van der Waals surface area (Å²) in [6.07, 6.45) is 20.6. The van der Waals surface area contributed by atoms with E-state index in [9.17, 15) is 0 Å². The third-order valence-electron chi connectivity index (χ3n) is 10.7. The van der Waals surface area contributed by atoms with Crippen molar-refractivity contribution in [1.29, 1.82) is 0 Å². The van der Waals surface area contributed by atoms with Gasteiger partial charge in [0.1, 0.15) is 0 Å². The van der Waals surface area contributed by atoms with Gasteiger partial charge in [0.05, 0.1) is 0 Å². The van der Waals surface area contributed by atoms with Crippen molar-refractivity contribution in [2.24, 2.45) is 34.0 Å². The fourth-order valence-corrected chi connectivity index (χ4v) is 10.2. The minimum Gasteiger partial charge on any atom is -0.161 e. The largest absolute Gasteiger partial charge is 0.161 e. The second-order valence-electron chi connectivity index (χ2n) is 12.6. The topological polar surface area (TPSA) is 0 Å². The highest BCUT2D eigenvalue weighted by Gasteiger charge is 2.58. The Morgan fingerprint density at radius 1 is 1.00 bits per heavy atom. The van der Waals surface area contributed by atoms with Crippen molar-refractivity contribution in [2.75, 3.05) is 6.26 Å². The molecule has 0 spiro atoms. The monoisotopic (exact) mass is 444 g/mol. The molecule has 6 unspecified atom stereocenters. The van der Waals surface area contributed by atoms with Crippen LogP contribution in [0.1, 0.15) is 120 Å². The van der Waals surface area contributed by atoms with Crippen LogP contribution in [0.4, 0.5) is 0 Å². The molecule has 2 fully saturated rings. The van der Waals surface area contributed by atoms with E-state index in [1.54, 1.807) is 0 Å². The molecule has 0 amide bonds. The van der Waals surface area contributed by atoms with E-state index in [2.05, 4.69) is 65.6 Å². The number of hydrogen-bond acceptors (Lipinski definition) is 1. The smallest absolute Gasteiger partial charge is 0.00987 e. The van der Waals surface area contributed by atoms with Gasteiger partial charge in [-0.1, -0.05) is 57.9 Å². The molecule has 0 aromatic heterocycles. The van der Waals surface area contributed by atoms with Crippen molar-refractivity contribution >= 4 is 11.8 Å². The highest BCUT2D eigenvalue weighted by atomic mass is 32.2. The van der Waals surface area contributed by atoms with Gasteiger partial charge >= 0.3 is 0 Å². The Hall–Kier alpha value is -0.170. The first-order valence-corrected chi connectivity index (χ1v) is 14.3. The molecule has 0 aromatic carbocycles. The van der Waals surface area contributed by atoms with Crippen molar-refractivity contribution in [3.8, 4) is 0 Å². The van der Waals surface area contributed by atoms with Gasteiger partial charge in [-0.2, -0.15) is 11.8 Å². The lowest BCUT2D eigenvalue weighted by Gasteiger charge is -2.60. The van der Waals surface area contributed by atoms with Crippen molar-refractivity contribution in [3.05, 3.63) is 22.8 Å². The first-order valence-electron chi connectivity index (χ1n) is 13.0. The van der Waals surface area contributed by atoms with Gasteiger partial charge < -0.3 is 0 Å². The predicted octanol–water partition coefficient (Wildman–Crippen LogP) is 9.85. The average molecular weight is 445 g/mol. The number of unbranched alkanes of at least 4 members (excludes halogenated alkanes) is 1. The second-order valence-corrected chi connectivity index (χ2v) is 13.7. The van der Waals surface area contributed by atoms with Crippen LogP contribution in [0.2, 0.25) is 0 Å². The summed E-state index contributed by atoms with van der Waals surface area (Å²) in [6, 6.07) is 0. The molecule has 2 saturated carbocycles. The van der Waals surface area contributed by atoms with Gasteiger partial charge in [-0.25, -0.2) is 0 Å². The summed E-state index contributed by atoms with van der Waals surface area (Å²) >= 11 is 2.14. The van der Waals surface area contributed by atoms with Crippen LogP contribution in [-0.2, 0) is 0 Å². The van der Waals surface area contributed by atoms with Crippen LogP contribution >= 0.6 is 11.8 Å². The lowest BCUT2D eigenvalue weighted by atomic mass is 9.46. The third kappa shape index (κ3) is 4.13. The van der Waals surface area contributed by atoms with E-state index in [1.807, 2.05) is 11.1 Å². The van der Waals surface area contributed by atoms with Gasteiger partial charge in [0.15, 0.2) is 0 Å². The molecule has 1 heteroatoms. The Bertz CT molecular complexity index is 708. The normalized spacial score (nSPS) is 41.0. The second kappa shape index (κ2) is 9.23. The molecule has 0 nitrogen and oxygen atoms in total. The first kappa shape index (κ1) is 25.5. The maximum atomic E-state index is 2.70. The SMILES string of the molecule is C.CSC1CCC2(C)C3=C(CCC2C1(C)C)C1CCC(CCCC=C(C)C)C1(C)CC3. The molecule has 0 radical (unpaired) electrons. The van der Waals surface area contributed by atoms with Gasteiger partial charge in [0, 0.05) is 5.25 Å². The van der Waals surface area contributed by atoms with Crippen molar-refractivity contribution < 1.29 is 0 Å². The van der Waals surface area contributed by atoms with Crippen molar-refractivity contribution in [2.45, 2.75) is 125 Å². The van der Waals surface area contributed by atoms with Crippen LogP contribution in [0, 0.1) is 34.0 Å². The molecule has 0 aliphatic heterocycles. The Labute approximate surface area is 199 Å². The molecule has 4 rings (SSSR count). The molecule has 0 saturated heterocycles. The molecule has 6 atom stereocenters. The fourth-order valence-electron chi connectivity index (χ4n) is 9.03. The molecule has 4 aliphatic carbocycles. The van der Waals surface area contributed by atoms with Crippen LogP contribution in [0.3, 0.4) is 0 Å². The molecule has 4 aliphatic rings. The predicted molar refractivity (Wildman–Crippen MR) is 142 cm³/mol. The lowest BCUT2D eigenvalue weighted by Crippen LogP contribution is -2.52. The fraction of sp³-hybridized carbons (Fsp3) is 0.867. The van der Waals surface area contributed by atoms with E-state index in [0.717, 1.165) is 23.0 Å². The minimum absolute atomic E-state index is 0. The molecule has 0 N–H and O–H groups in total. The molecule has 178 valence electrons. The summed E-state index contributed by atoms with van der Waals surface area (Å²) < 4.78 is 0. The van der Waals surface area contributed by atoms with Gasteiger partial charge in [-0.05, 0) is 125 Å². The Kier molecular flexibility index (Phi) is 7.58. The van der Waals surface area contributed by atoms with E-state index in [4.69, 9.17) is 0 Å². The lowest BCUT2D eigenvalue weighted by molar-refractivity contribution is 0.00314. The Morgan fingerprint density at radius 3 is 2.42 bits per heavy atom. The van der Waals surface area contributed by atoms with E-state index >= 15 is 0 Å². The van der Waals surface area contributed by atoms with E-state index < -0.39 is 0 Å². The molecule has 0 bridgehead atoms. The van der Waals surface area contributed by atoms with Crippen molar-refractivity contribution in [1.82, 2.24) is 0 Å². The van der Waals surface area contributed by atoms with Gasteiger partial charge in [-0.15, -0.1) is 0 Å². The van der Waals surface area contributed by atoms with Crippen LogP contribution in [-0.4, -0.2) is 11.5 Å². The quantitative estimate of drug-likeness (QED) is 0.300. The van der Waals surface area contributed by atoms with E-state index in [-0.39, 0.29) is 7.43 Å². The number of hydrogen-bond donors (Lipinski definition) is 0. The van der Waals surface area contributed by atoms with Crippen molar-refractivity contribution in [3.63, 3.8) is 0 Å². The Morgan fingerprint density at radius 2 is 1.74 bits per heavy atom. The summed E-state index contributed by atoms with van der Waals surface area (Å²) in [4.78, 5) is 0. The van der Waals surface area contributed by atoms with Gasteiger partial charge in [0.25, 0.3) is 0 Å². The summed E-state index contributed by atoms with van der Waals surface area (Å²) in [5.74, 6) is 2.77. The number of thioether (sulfide) groups is 1.